The van der Waals surface area contributed by atoms with Crippen LogP contribution in [-0.4, -0.2) is 25.3 Å². The molecule has 1 aromatic heterocycles. The maximum absolute atomic E-state index is 11.5. The highest BCUT2D eigenvalue weighted by molar-refractivity contribution is 9.10. The van der Waals surface area contributed by atoms with Crippen molar-refractivity contribution in [2.24, 2.45) is 0 Å². The third-order valence-corrected chi connectivity index (χ3v) is 4.70. The summed E-state index contributed by atoms with van der Waals surface area (Å²) in [4.78, 5) is 3.16. The van der Waals surface area contributed by atoms with Gasteiger partial charge in [-0.05, 0) is 30.4 Å². The van der Waals surface area contributed by atoms with Gasteiger partial charge in [-0.1, -0.05) is 22.9 Å². The summed E-state index contributed by atoms with van der Waals surface area (Å²) in [5.41, 5.74) is 2.07. The summed E-state index contributed by atoms with van der Waals surface area (Å²) in [6.45, 7) is 2.63. The number of imidazole rings is 1. The molecule has 0 spiro atoms. The van der Waals surface area contributed by atoms with Gasteiger partial charge in [0.2, 0.25) is 0 Å². The Balaban J connectivity index is 2.36. The molecule has 0 bridgehead atoms. The van der Waals surface area contributed by atoms with Crippen molar-refractivity contribution in [1.82, 2.24) is 9.55 Å². The van der Waals surface area contributed by atoms with Gasteiger partial charge in [0.1, 0.15) is 0 Å². The molecule has 1 atom stereocenters. The summed E-state index contributed by atoms with van der Waals surface area (Å²) in [5.74, 6) is 1.34. The first-order valence-electron chi connectivity index (χ1n) is 5.35. The topological polar surface area (TPSA) is 37.8 Å². The van der Waals surface area contributed by atoms with E-state index >= 15 is 0 Å². The molecule has 17 heavy (non-hydrogen) atoms. The Morgan fingerprint density at radius 3 is 3.00 bits per heavy atom. The molecule has 1 unspecified atom stereocenters. The van der Waals surface area contributed by atoms with Crippen molar-refractivity contribution in [2.45, 2.75) is 13.5 Å². The van der Waals surface area contributed by atoms with Crippen LogP contribution in [0.1, 0.15) is 6.92 Å². The van der Waals surface area contributed by atoms with E-state index in [2.05, 4.69) is 20.9 Å². The fourth-order valence-corrected chi connectivity index (χ4v) is 3.03. The summed E-state index contributed by atoms with van der Waals surface area (Å²) in [6, 6.07) is 6.00. The molecule has 0 amide bonds. The molecule has 2 aromatic rings. The van der Waals surface area contributed by atoms with Gasteiger partial charge in [0.25, 0.3) is 0 Å². The molecular formula is C11H13BrN2OS2. The molecule has 0 radical (unpaired) electrons. The van der Waals surface area contributed by atoms with E-state index in [1.807, 2.05) is 29.7 Å². The van der Waals surface area contributed by atoms with Crippen LogP contribution in [-0.2, 0) is 17.3 Å². The molecule has 1 N–H and O–H groups in total. The molecule has 0 aliphatic heterocycles. The zero-order chi connectivity index (χ0) is 12.4. The van der Waals surface area contributed by atoms with Gasteiger partial charge in [0.05, 0.1) is 11.0 Å². The molecule has 2 rings (SSSR count). The maximum Gasteiger partial charge on any atom is 0.178 e. The molecule has 1 heterocycles. The number of hydrogen-bond donors (Lipinski definition) is 1. The predicted molar refractivity (Wildman–Crippen MR) is 78.4 cm³/mol. The lowest BCUT2D eigenvalue weighted by Gasteiger charge is -2.03. The summed E-state index contributed by atoms with van der Waals surface area (Å²) in [5, 5.41) is 0. The van der Waals surface area contributed by atoms with Crippen LogP contribution in [0.4, 0.5) is 0 Å². The van der Waals surface area contributed by atoms with Gasteiger partial charge in [0.15, 0.2) is 4.77 Å². The molecule has 0 saturated heterocycles. The molecular weight excluding hydrogens is 320 g/mol. The number of halogens is 1. The van der Waals surface area contributed by atoms with Crippen LogP contribution in [0.15, 0.2) is 22.7 Å². The van der Waals surface area contributed by atoms with Crippen molar-refractivity contribution in [3.05, 3.63) is 27.4 Å². The van der Waals surface area contributed by atoms with E-state index in [1.54, 1.807) is 0 Å². The number of rotatable bonds is 4. The lowest BCUT2D eigenvalue weighted by Crippen LogP contribution is -2.08. The highest BCUT2D eigenvalue weighted by Gasteiger charge is 2.05. The largest absolute Gasteiger partial charge is 0.331 e. The van der Waals surface area contributed by atoms with Gasteiger partial charge in [0, 0.05) is 33.3 Å². The zero-order valence-corrected chi connectivity index (χ0v) is 12.6. The van der Waals surface area contributed by atoms with Crippen molar-refractivity contribution >= 4 is 50.0 Å². The first-order chi connectivity index (χ1) is 8.11. The Morgan fingerprint density at radius 1 is 1.53 bits per heavy atom. The van der Waals surface area contributed by atoms with Gasteiger partial charge in [-0.2, -0.15) is 0 Å². The molecule has 0 aliphatic carbocycles. The summed E-state index contributed by atoms with van der Waals surface area (Å²) in [6.07, 6.45) is 0. The molecule has 0 fully saturated rings. The third kappa shape index (κ3) is 2.86. The van der Waals surface area contributed by atoms with Gasteiger partial charge in [-0.3, -0.25) is 4.21 Å². The minimum Gasteiger partial charge on any atom is -0.331 e. The van der Waals surface area contributed by atoms with Crippen LogP contribution in [0.25, 0.3) is 11.0 Å². The Bertz CT molecular complexity index is 617. The molecule has 0 aliphatic rings. The van der Waals surface area contributed by atoms with Gasteiger partial charge < -0.3 is 9.55 Å². The second-order valence-electron chi connectivity index (χ2n) is 3.68. The number of H-pyrrole nitrogens is 1. The number of aryl methyl sites for hydroxylation is 1. The lowest BCUT2D eigenvalue weighted by atomic mass is 10.3. The monoisotopic (exact) mass is 332 g/mol. The third-order valence-electron chi connectivity index (χ3n) is 2.60. The van der Waals surface area contributed by atoms with Crippen LogP contribution >= 0.6 is 28.1 Å². The second kappa shape index (κ2) is 5.46. The van der Waals surface area contributed by atoms with Crippen molar-refractivity contribution in [3.63, 3.8) is 0 Å². The SMILES string of the molecule is CCS(=O)CCn1c(=S)[nH]c2cc(Br)ccc21. The first-order valence-corrected chi connectivity index (χ1v) is 8.03. The quantitative estimate of drug-likeness (QED) is 0.873. The Morgan fingerprint density at radius 2 is 2.29 bits per heavy atom. The van der Waals surface area contributed by atoms with Crippen molar-refractivity contribution in [1.29, 1.82) is 0 Å². The van der Waals surface area contributed by atoms with E-state index in [1.165, 1.54) is 0 Å². The molecule has 6 heteroatoms. The van der Waals surface area contributed by atoms with E-state index < -0.39 is 10.8 Å². The fraction of sp³-hybridized carbons (Fsp3) is 0.364. The normalized spacial score (nSPS) is 13.1. The van der Waals surface area contributed by atoms with Crippen molar-refractivity contribution < 1.29 is 4.21 Å². The van der Waals surface area contributed by atoms with E-state index in [0.717, 1.165) is 15.5 Å². The Kier molecular flexibility index (Phi) is 4.17. The minimum atomic E-state index is -0.757. The number of nitrogens with zero attached hydrogens (tertiary/aromatic N) is 1. The van der Waals surface area contributed by atoms with Crippen LogP contribution in [0, 0.1) is 4.77 Å². The average molecular weight is 333 g/mol. The predicted octanol–water partition coefficient (Wildman–Crippen LogP) is 3.23. The standard InChI is InChI=1S/C11H13BrN2OS2/c1-2-17(15)6-5-14-10-4-3-8(12)7-9(10)13-11(14)16/h3-4,7H,2,5-6H2,1H3,(H,13,16). The van der Waals surface area contributed by atoms with Crippen LogP contribution in [0.5, 0.6) is 0 Å². The fourth-order valence-electron chi connectivity index (χ4n) is 1.70. The summed E-state index contributed by atoms with van der Waals surface area (Å²) >= 11 is 8.71. The molecule has 92 valence electrons. The highest BCUT2D eigenvalue weighted by Crippen LogP contribution is 2.19. The van der Waals surface area contributed by atoms with Gasteiger partial charge in [-0.25, -0.2) is 0 Å². The smallest absolute Gasteiger partial charge is 0.178 e. The van der Waals surface area contributed by atoms with Crippen molar-refractivity contribution in [2.75, 3.05) is 11.5 Å². The van der Waals surface area contributed by atoms with Crippen molar-refractivity contribution in [3.8, 4) is 0 Å². The summed E-state index contributed by atoms with van der Waals surface area (Å²) in [7, 11) is -0.757. The van der Waals surface area contributed by atoms with Crippen LogP contribution < -0.4 is 0 Å². The van der Waals surface area contributed by atoms with Crippen LogP contribution in [0.2, 0.25) is 0 Å². The maximum atomic E-state index is 11.5. The van der Waals surface area contributed by atoms with E-state index in [0.29, 0.717) is 22.8 Å². The first kappa shape index (κ1) is 13.0. The Hall–Kier alpha value is -0.460. The number of nitrogens with one attached hydrogen (secondary N) is 1. The van der Waals surface area contributed by atoms with Gasteiger partial charge in [-0.15, -0.1) is 0 Å². The molecule has 0 saturated carbocycles. The number of benzene rings is 1. The lowest BCUT2D eigenvalue weighted by molar-refractivity contribution is 0.675. The van der Waals surface area contributed by atoms with Crippen LogP contribution in [0.3, 0.4) is 0 Å². The number of hydrogen-bond acceptors (Lipinski definition) is 2. The van der Waals surface area contributed by atoms with E-state index in [9.17, 15) is 4.21 Å². The number of aromatic amines is 1. The molecule has 1 aromatic carbocycles. The number of aromatic nitrogens is 2. The number of fused-ring (bicyclic) bond motifs is 1. The molecule has 3 nitrogen and oxygen atoms in total. The second-order valence-corrected chi connectivity index (χ2v) is 6.84. The summed E-state index contributed by atoms with van der Waals surface area (Å²) < 4.78 is 15.2. The van der Waals surface area contributed by atoms with E-state index in [4.69, 9.17) is 12.2 Å². The Labute approximate surface area is 116 Å². The average Bonchev–Trinajstić information content (AvgIpc) is 2.61. The minimum absolute atomic E-state index is 0.647. The van der Waals surface area contributed by atoms with E-state index in [-0.39, 0.29) is 0 Å². The van der Waals surface area contributed by atoms with Gasteiger partial charge >= 0.3 is 0 Å². The highest BCUT2D eigenvalue weighted by atomic mass is 79.9. The zero-order valence-electron chi connectivity index (χ0n) is 9.40.